The highest BCUT2D eigenvalue weighted by Gasteiger charge is 2.13. The summed E-state index contributed by atoms with van der Waals surface area (Å²) in [5, 5.41) is 1.93. The number of thiophene rings is 1. The quantitative estimate of drug-likeness (QED) is 0.771. The van der Waals surface area contributed by atoms with Crippen molar-refractivity contribution in [1.82, 2.24) is 4.90 Å². The molecule has 1 heterocycles. The van der Waals surface area contributed by atoms with Gasteiger partial charge in [-0.25, -0.2) is 0 Å². The van der Waals surface area contributed by atoms with E-state index in [1.165, 1.54) is 0 Å². The maximum Gasteiger partial charge on any atom is 0.254 e. The molecule has 1 aromatic rings. The van der Waals surface area contributed by atoms with Gasteiger partial charge in [0.05, 0.1) is 8.45 Å². The van der Waals surface area contributed by atoms with Crippen LogP contribution in [0.3, 0.4) is 0 Å². The first-order valence-corrected chi connectivity index (χ1v) is 6.96. The zero-order valence-electron chi connectivity index (χ0n) is 9.29. The van der Waals surface area contributed by atoms with Crippen molar-refractivity contribution in [3.63, 3.8) is 0 Å². The largest absolute Gasteiger partial charge is 0.342 e. The van der Waals surface area contributed by atoms with E-state index in [1.54, 1.807) is 16.2 Å². The van der Waals surface area contributed by atoms with Crippen molar-refractivity contribution in [3.05, 3.63) is 19.9 Å². The van der Waals surface area contributed by atoms with E-state index < -0.39 is 0 Å². The number of carbonyl (C=O) groups excluding carboxylic acids is 1. The Kier molecular flexibility index (Phi) is 5.05. The van der Waals surface area contributed by atoms with Crippen LogP contribution in [0.4, 0.5) is 0 Å². The number of rotatable bonds is 4. The average Bonchev–Trinajstić information content (AvgIpc) is 2.60. The Hall–Kier alpha value is -0.100. The lowest BCUT2D eigenvalue weighted by molar-refractivity contribution is 0.0789. The monoisotopic (exact) mass is 337 g/mol. The standard InChI is InChI=1S/C11H16INOS/c1-8(2)4-5-13(3)11(14)9-6-10(12)15-7-9/h6-8H,4-5H2,1-3H3. The van der Waals surface area contributed by atoms with Gasteiger partial charge in [-0.15, -0.1) is 11.3 Å². The fourth-order valence-corrected chi connectivity index (χ4v) is 2.52. The van der Waals surface area contributed by atoms with Gasteiger partial charge in [-0.3, -0.25) is 4.79 Å². The second kappa shape index (κ2) is 5.84. The first kappa shape index (κ1) is 13.0. The minimum atomic E-state index is 0.134. The summed E-state index contributed by atoms with van der Waals surface area (Å²) in [5.74, 6) is 0.776. The summed E-state index contributed by atoms with van der Waals surface area (Å²) in [4.78, 5) is 13.7. The Morgan fingerprint density at radius 2 is 2.27 bits per heavy atom. The second-order valence-electron chi connectivity index (χ2n) is 4.05. The van der Waals surface area contributed by atoms with Gasteiger partial charge in [-0.2, -0.15) is 0 Å². The summed E-state index contributed by atoms with van der Waals surface area (Å²) < 4.78 is 1.16. The van der Waals surface area contributed by atoms with Crippen LogP contribution in [0.5, 0.6) is 0 Å². The summed E-state index contributed by atoms with van der Waals surface area (Å²) in [6.07, 6.45) is 1.06. The SMILES string of the molecule is CC(C)CCN(C)C(=O)c1csc(I)c1. The van der Waals surface area contributed by atoms with Crippen LogP contribution in [0.1, 0.15) is 30.6 Å². The molecular formula is C11H16INOS. The number of hydrogen-bond donors (Lipinski definition) is 0. The third-order valence-electron chi connectivity index (χ3n) is 2.20. The normalized spacial score (nSPS) is 10.7. The Balaban J connectivity index is 2.53. The topological polar surface area (TPSA) is 20.3 Å². The molecule has 0 fully saturated rings. The van der Waals surface area contributed by atoms with Crippen molar-refractivity contribution in [2.45, 2.75) is 20.3 Å². The van der Waals surface area contributed by atoms with Gasteiger partial charge in [-0.05, 0) is 41.0 Å². The van der Waals surface area contributed by atoms with Crippen LogP contribution < -0.4 is 0 Å². The van der Waals surface area contributed by atoms with Gasteiger partial charge in [0.25, 0.3) is 5.91 Å². The fourth-order valence-electron chi connectivity index (χ4n) is 1.20. The smallest absolute Gasteiger partial charge is 0.254 e. The highest BCUT2D eigenvalue weighted by molar-refractivity contribution is 14.1. The van der Waals surface area contributed by atoms with Gasteiger partial charge >= 0.3 is 0 Å². The molecule has 0 bridgehead atoms. The van der Waals surface area contributed by atoms with Gasteiger partial charge in [0, 0.05) is 19.0 Å². The Morgan fingerprint density at radius 3 is 2.73 bits per heavy atom. The van der Waals surface area contributed by atoms with E-state index in [0.29, 0.717) is 5.92 Å². The Labute approximate surface area is 109 Å². The van der Waals surface area contributed by atoms with Crippen molar-refractivity contribution in [3.8, 4) is 0 Å². The number of halogens is 1. The highest BCUT2D eigenvalue weighted by Crippen LogP contribution is 2.18. The van der Waals surface area contributed by atoms with E-state index in [4.69, 9.17) is 0 Å². The lowest BCUT2D eigenvalue weighted by Gasteiger charge is -2.17. The molecule has 0 spiro atoms. The zero-order valence-corrected chi connectivity index (χ0v) is 12.3. The second-order valence-corrected chi connectivity index (χ2v) is 6.85. The summed E-state index contributed by atoms with van der Waals surface area (Å²) in [6, 6.07) is 1.94. The van der Waals surface area contributed by atoms with E-state index in [-0.39, 0.29) is 5.91 Å². The molecule has 0 atom stereocenters. The van der Waals surface area contributed by atoms with E-state index >= 15 is 0 Å². The maximum absolute atomic E-state index is 11.9. The summed E-state index contributed by atoms with van der Waals surface area (Å²) in [7, 11) is 1.87. The molecule has 0 N–H and O–H groups in total. The summed E-state index contributed by atoms with van der Waals surface area (Å²) in [6.45, 7) is 5.18. The minimum absolute atomic E-state index is 0.134. The maximum atomic E-state index is 11.9. The number of nitrogens with zero attached hydrogens (tertiary/aromatic N) is 1. The Bertz CT molecular complexity index is 335. The molecule has 4 heteroatoms. The average molecular weight is 337 g/mol. The summed E-state index contributed by atoms with van der Waals surface area (Å²) in [5.41, 5.74) is 0.815. The van der Waals surface area contributed by atoms with Gasteiger partial charge in [0.1, 0.15) is 0 Å². The molecule has 0 aliphatic heterocycles. The molecule has 1 rings (SSSR count). The van der Waals surface area contributed by atoms with Crippen molar-refractivity contribution in [2.24, 2.45) is 5.92 Å². The third-order valence-corrected chi connectivity index (χ3v) is 3.99. The predicted octanol–water partition coefficient (Wildman–Crippen LogP) is 3.47. The van der Waals surface area contributed by atoms with Crippen molar-refractivity contribution >= 4 is 39.8 Å². The van der Waals surface area contributed by atoms with E-state index in [9.17, 15) is 4.79 Å². The van der Waals surface area contributed by atoms with Crippen molar-refractivity contribution in [2.75, 3.05) is 13.6 Å². The third kappa shape index (κ3) is 4.10. The molecule has 15 heavy (non-hydrogen) atoms. The molecule has 0 aliphatic carbocycles. The van der Waals surface area contributed by atoms with Gasteiger partial charge in [-0.1, -0.05) is 13.8 Å². The molecule has 0 aromatic carbocycles. The highest BCUT2D eigenvalue weighted by atomic mass is 127. The molecule has 0 radical (unpaired) electrons. The van der Waals surface area contributed by atoms with Crippen molar-refractivity contribution in [1.29, 1.82) is 0 Å². The number of hydrogen-bond acceptors (Lipinski definition) is 2. The molecule has 0 unspecified atom stereocenters. The minimum Gasteiger partial charge on any atom is -0.342 e. The van der Waals surface area contributed by atoms with Crippen LogP contribution in [-0.2, 0) is 0 Å². The lowest BCUT2D eigenvalue weighted by atomic mass is 10.1. The number of carbonyl (C=O) groups is 1. The fraction of sp³-hybridized carbons (Fsp3) is 0.545. The van der Waals surface area contributed by atoms with Crippen LogP contribution >= 0.6 is 33.9 Å². The zero-order chi connectivity index (χ0) is 11.4. The number of amides is 1. The molecule has 2 nitrogen and oxygen atoms in total. The molecule has 0 aliphatic rings. The van der Waals surface area contributed by atoms with Crippen molar-refractivity contribution < 1.29 is 4.79 Å². The summed E-state index contributed by atoms with van der Waals surface area (Å²) >= 11 is 3.85. The van der Waals surface area contributed by atoms with E-state index in [2.05, 4.69) is 36.4 Å². The van der Waals surface area contributed by atoms with Crippen LogP contribution in [-0.4, -0.2) is 24.4 Å². The molecule has 1 aromatic heterocycles. The van der Waals surface area contributed by atoms with Gasteiger partial charge in [0.2, 0.25) is 0 Å². The van der Waals surface area contributed by atoms with Crippen LogP contribution in [0.15, 0.2) is 11.4 Å². The molecule has 0 saturated carbocycles. The molecule has 84 valence electrons. The van der Waals surface area contributed by atoms with Crippen LogP contribution in [0.25, 0.3) is 0 Å². The van der Waals surface area contributed by atoms with Crippen LogP contribution in [0, 0.1) is 8.80 Å². The molecule has 0 saturated heterocycles. The lowest BCUT2D eigenvalue weighted by Crippen LogP contribution is -2.28. The van der Waals surface area contributed by atoms with Crippen LogP contribution in [0.2, 0.25) is 0 Å². The Morgan fingerprint density at radius 1 is 1.60 bits per heavy atom. The van der Waals surface area contributed by atoms with Gasteiger partial charge in [0.15, 0.2) is 0 Å². The molecular weight excluding hydrogens is 321 g/mol. The molecule has 1 amide bonds. The predicted molar refractivity (Wildman–Crippen MR) is 73.5 cm³/mol. The first-order chi connectivity index (χ1) is 7.00. The van der Waals surface area contributed by atoms with Gasteiger partial charge < -0.3 is 4.90 Å². The first-order valence-electron chi connectivity index (χ1n) is 5.00. The van der Waals surface area contributed by atoms with E-state index in [1.807, 2.05) is 18.5 Å². The van der Waals surface area contributed by atoms with E-state index in [0.717, 1.165) is 21.4 Å².